The van der Waals surface area contributed by atoms with Gasteiger partial charge < -0.3 is 15.5 Å². The van der Waals surface area contributed by atoms with Crippen LogP contribution in [-0.4, -0.2) is 37.5 Å². The lowest BCUT2D eigenvalue weighted by Crippen LogP contribution is -2.40. The Morgan fingerprint density at radius 2 is 2.17 bits per heavy atom. The summed E-state index contributed by atoms with van der Waals surface area (Å²) in [5.74, 6) is -0.179. The van der Waals surface area contributed by atoms with Gasteiger partial charge >= 0.3 is 0 Å². The van der Waals surface area contributed by atoms with Crippen molar-refractivity contribution in [2.45, 2.75) is 32.2 Å². The average molecular weight is 338 g/mol. The predicted octanol–water partition coefficient (Wildman–Crippen LogP) is 1.50. The number of halogens is 1. The van der Waals surface area contributed by atoms with Crippen LogP contribution in [-0.2, 0) is 16.0 Å². The third kappa shape index (κ3) is 3.85. The van der Waals surface area contributed by atoms with Crippen molar-refractivity contribution < 1.29 is 9.59 Å². The topological polar surface area (TPSA) is 61.4 Å². The van der Waals surface area contributed by atoms with E-state index < -0.39 is 0 Å². The Bertz CT molecular complexity index is 573. The smallest absolute Gasteiger partial charge is 0.227 e. The van der Waals surface area contributed by atoms with Gasteiger partial charge in [-0.15, -0.1) is 12.4 Å². The quantitative estimate of drug-likeness (QED) is 0.875. The van der Waals surface area contributed by atoms with Gasteiger partial charge in [0, 0.05) is 31.2 Å². The first-order chi connectivity index (χ1) is 10.7. The van der Waals surface area contributed by atoms with Crippen LogP contribution in [0.25, 0.3) is 0 Å². The fraction of sp³-hybridized carbons (Fsp3) is 0.529. The summed E-state index contributed by atoms with van der Waals surface area (Å²) in [4.78, 5) is 26.5. The molecule has 2 aliphatic heterocycles. The van der Waals surface area contributed by atoms with Crippen LogP contribution in [0.4, 0.5) is 5.69 Å². The van der Waals surface area contributed by atoms with E-state index in [1.165, 1.54) is 0 Å². The van der Waals surface area contributed by atoms with Gasteiger partial charge in [0.15, 0.2) is 0 Å². The number of carbonyl (C=O) groups excluding carboxylic acids is 2. The van der Waals surface area contributed by atoms with E-state index in [4.69, 9.17) is 0 Å². The van der Waals surface area contributed by atoms with Crippen LogP contribution in [0.2, 0.25) is 0 Å². The van der Waals surface area contributed by atoms with Gasteiger partial charge in [-0.1, -0.05) is 25.1 Å². The highest BCUT2D eigenvalue weighted by Crippen LogP contribution is 2.28. The third-order valence-corrected chi connectivity index (χ3v) is 4.57. The Morgan fingerprint density at radius 3 is 2.87 bits per heavy atom. The van der Waals surface area contributed by atoms with E-state index in [0.717, 1.165) is 37.2 Å². The molecule has 3 rings (SSSR count). The Labute approximate surface area is 143 Å². The fourth-order valence-electron chi connectivity index (χ4n) is 3.29. The Balaban J connectivity index is 0.00000192. The molecule has 2 N–H and O–H groups in total. The normalized spacial score (nSPS) is 23.7. The lowest BCUT2D eigenvalue weighted by atomic mass is 10.1. The van der Waals surface area contributed by atoms with Crippen LogP contribution in [0.15, 0.2) is 24.3 Å². The predicted molar refractivity (Wildman–Crippen MR) is 92.9 cm³/mol. The molecular weight excluding hydrogens is 314 g/mol. The van der Waals surface area contributed by atoms with E-state index in [0.29, 0.717) is 13.0 Å². The molecule has 2 unspecified atom stereocenters. The van der Waals surface area contributed by atoms with E-state index in [1.54, 1.807) is 4.90 Å². The molecule has 2 atom stereocenters. The summed E-state index contributed by atoms with van der Waals surface area (Å²) in [6.45, 7) is 4.35. The molecule has 2 aliphatic rings. The van der Waals surface area contributed by atoms with E-state index in [1.807, 2.05) is 24.3 Å². The number of nitrogens with one attached hydrogen (secondary N) is 2. The first-order valence-corrected chi connectivity index (χ1v) is 8.08. The molecule has 2 amide bonds. The van der Waals surface area contributed by atoms with Crippen LogP contribution in [0.3, 0.4) is 0 Å². The van der Waals surface area contributed by atoms with Crippen molar-refractivity contribution in [3.63, 3.8) is 0 Å². The fourth-order valence-corrected chi connectivity index (χ4v) is 3.29. The van der Waals surface area contributed by atoms with Crippen molar-refractivity contribution in [1.29, 1.82) is 0 Å². The zero-order valence-corrected chi connectivity index (χ0v) is 14.2. The number of carbonyl (C=O) groups is 2. The highest BCUT2D eigenvalue weighted by Gasteiger charge is 2.36. The lowest BCUT2D eigenvalue weighted by molar-refractivity contribution is -0.126. The summed E-state index contributed by atoms with van der Waals surface area (Å²) in [6, 6.07) is 8.15. The number of benzene rings is 1. The van der Waals surface area contributed by atoms with Gasteiger partial charge in [-0.2, -0.15) is 0 Å². The highest BCUT2D eigenvalue weighted by molar-refractivity contribution is 6.00. The van der Waals surface area contributed by atoms with Gasteiger partial charge in [0.25, 0.3) is 0 Å². The average Bonchev–Trinajstić information content (AvgIpc) is 3.16. The van der Waals surface area contributed by atoms with Gasteiger partial charge in [0.05, 0.1) is 5.92 Å². The second-order valence-electron chi connectivity index (χ2n) is 6.09. The van der Waals surface area contributed by atoms with E-state index in [-0.39, 0.29) is 36.2 Å². The van der Waals surface area contributed by atoms with E-state index in [9.17, 15) is 9.59 Å². The van der Waals surface area contributed by atoms with Gasteiger partial charge in [-0.25, -0.2) is 0 Å². The monoisotopic (exact) mass is 337 g/mol. The Kier molecular flexibility index (Phi) is 6.02. The molecule has 0 spiro atoms. The first kappa shape index (κ1) is 17.8. The number of aryl methyl sites for hydroxylation is 1. The summed E-state index contributed by atoms with van der Waals surface area (Å²) < 4.78 is 0. The standard InChI is InChI=1S/C17H23N3O2.ClH/c1-2-12-5-3-4-6-15(12)20-11-13(9-16(20)21)17(22)19-14-7-8-18-10-14;/h3-6,13-14,18H,2,7-11H2,1H3,(H,19,22);1H. The molecule has 23 heavy (non-hydrogen) atoms. The van der Waals surface area contributed by atoms with E-state index in [2.05, 4.69) is 17.6 Å². The molecule has 2 saturated heterocycles. The number of hydrogen-bond donors (Lipinski definition) is 2. The van der Waals surface area contributed by atoms with Crippen LogP contribution in [0.1, 0.15) is 25.3 Å². The summed E-state index contributed by atoms with van der Waals surface area (Å²) in [5.41, 5.74) is 2.10. The number of amides is 2. The molecule has 5 nitrogen and oxygen atoms in total. The Hall–Kier alpha value is -1.59. The van der Waals surface area contributed by atoms with Gasteiger partial charge in [0.1, 0.15) is 0 Å². The molecular formula is C17H24ClN3O2. The van der Waals surface area contributed by atoms with Crippen molar-refractivity contribution in [2.75, 3.05) is 24.5 Å². The molecule has 0 radical (unpaired) electrons. The maximum absolute atomic E-state index is 12.4. The minimum Gasteiger partial charge on any atom is -0.352 e. The molecule has 2 heterocycles. The second-order valence-corrected chi connectivity index (χ2v) is 6.09. The van der Waals surface area contributed by atoms with E-state index >= 15 is 0 Å². The molecule has 6 heteroatoms. The minimum atomic E-state index is -0.238. The van der Waals surface area contributed by atoms with Crippen molar-refractivity contribution in [1.82, 2.24) is 10.6 Å². The van der Waals surface area contributed by atoms with Crippen molar-refractivity contribution in [3.05, 3.63) is 29.8 Å². The summed E-state index contributed by atoms with van der Waals surface area (Å²) in [7, 11) is 0. The molecule has 0 bridgehead atoms. The number of hydrogen-bond acceptors (Lipinski definition) is 3. The maximum Gasteiger partial charge on any atom is 0.227 e. The largest absolute Gasteiger partial charge is 0.352 e. The van der Waals surface area contributed by atoms with Gasteiger partial charge in [-0.05, 0) is 31.0 Å². The number of rotatable bonds is 4. The van der Waals surface area contributed by atoms with Gasteiger partial charge in [0.2, 0.25) is 11.8 Å². The van der Waals surface area contributed by atoms with Crippen molar-refractivity contribution in [2.24, 2.45) is 5.92 Å². The zero-order chi connectivity index (χ0) is 15.5. The molecule has 2 fully saturated rings. The van der Waals surface area contributed by atoms with Crippen LogP contribution in [0.5, 0.6) is 0 Å². The summed E-state index contributed by atoms with van der Waals surface area (Å²) in [6.07, 6.45) is 2.16. The Morgan fingerprint density at radius 1 is 1.39 bits per heavy atom. The lowest BCUT2D eigenvalue weighted by Gasteiger charge is -2.20. The summed E-state index contributed by atoms with van der Waals surface area (Å²) in [5, 5.41) is 6.30. The molecule has 0 aromatic heterocycles. The summed E-state index contributed by atoms with van der Waals surface area (Å²) >= 11 is 0. The SMILES string of the molecule is CCc1ccccc1N1CC(C(=O)NC2CCNC2)CC1=O.Cl. The maximum atomic E-state index is 12.4. The molecule has 0 saturated carbocycles. The van der Waals surface area contributed by atoms with Crippen LogP contribution >= 0.6 is 12.4 Å². The molecule has 0 aliphatic carbocycles. The number of para-hydroxylation sites is 1. The van der Waals surface area contributed by atoms with Crippen LogP contribution in [0, 0.1) is 5.92 Å². The van der Waals surface area contributed by atoms with Crippen LogP contribution < -0.4 is 15.5 Å². The minimum absolute atomic E-state index is 0. The first-order valence-electron chi connectivity index (χ1n) is 8.08. The highest BCUT2D eigenvalue weighted by atomic mass is 35.5. The molecule has 1 aromatic rings. The molecule has 1 aromatic carbocycles. The van der Waals surface area contributed by atoms with Crippen molar-refractivity contribution >= 4 is 29.9 Å². The van der Waals surface area contributed by atoms with Crippen molar-refractivity contribution in [3.8, 4) is 0 Å². The second kappa shape index (κ2) is 7.79. The van der Waals surface area contributed by atoms with Gasteiger partial charge in [-0.3, -0.25) is 9.59 Å². The zero-order valence-electron chi connectivity index (χ0n) is 13.4. The number of anilines is 1. The third-order valence-electron chi connectivity index (χ3n) is 4.57. The number of nitrogens with zero attached hydrogens (tertiary/aromatic N) is 1. The molecule has 126 valence electrons.